The number of carbonyl (C=O) groups is 1. The molecule has 1 aliphatic rings. The zero-order valence-electron chi connectivity index (χ0n) is 18.6. The van der Waals surface area contributed by atoms with E-state index in [1.54, 1.807) is 14.0 Å². The zero-order valence-corrected chi connectivity index (χ0v) is 18.6. The summed E-state index contributed by atoms with van der Waals surface area (Å²) in [6.45, 7) is 14.0. The molecule has 2 N–H and O–H groups in total. The van der Waals surface area contributed by atoms with Gasteiger partial charge in [0, 0.05) is 53.2 Å². The summed E-state index contributed by atoms with van der Waals surface area (Å²) in [7, 11) is 1.79. The molecule has 7 nitrogen and oxygen atoms in total. The fourth-order valence-corrected chi connectivity index (χ4v) is 3.22. The van der Waals surface area contributed by atoms with Gasteiger partial charge in [-0.1, -0.05) is 26.0 Å². The fourth-order valence-electron chi connectivity index (χ4n) is 3.22. The molecular weight excluding hydrogens is 366 g/mol. The molecule has 1 fully saturated rings. The molecule has 0 bridgehead atoms. The van der Waals surface area contributed by atoms with Gasteiger partial charge in [-0.2, -0.15) is 0 Å². The van der Waals surface area contributed by atoms with Crippen molar-refractivity contribution in [2.75, 3.05) is 52.9 Å². The highest BCUT2D eigenvalue weighted by molar-refractivity contribution is 5.80. The molecule has 1 atom stereocenters. The molecule has 162 valence electrons. The van der Waals surface area contributed by atoms with Gasteiger partial charge >= 0.3 is 0 Å². The Bertz CT molecular complexity index is 652. The number of nitrogens with zero attached hydrogens (tertiary/aromatic N) is 3. The number of benzene rings is 1. The summed E-state index contributed by atoms with van der Waals surface area (Å²) in [5.41, 5.74) is 1.19. The van der Waals surface area contributed by atoms with E-state index in [0.29, 0.717) is 5.92 Å². The molecular formula is C22H37N5O2. The Labute approximate surface area is 175 Å². The Morgan fingerprint density at radius 3 is 2.34 bits per heavy atom. The lowest BCUT2D eigenvalue weighted by atomic mass is 10.1. The molecule has 1 unspecified atom stereocenters. The van der Waals surface area contributed by atoms with Gasteiger partial charge in [-0.25, -0.2) is 0 Å². The smallest absolute Gasteiger partial charge is 0.219 e. The molecule has 1 aromatic carbocycles. The van der Waals surface area contributed by atoms with E-state index in [1.807, 2.05) is 17.0 Å². The van der Waals surface area contributed by atoms with Gasteiger partial charge in [-0.15, -0.1) is 0 Å². The molecule has 0 spiro atoms. The van der Waals surface area contributed by atoms with Crippen LogP contribution >= 0.6 is 0 Å². The average molecular weight is 404 g/mol. The Morgan fingerprint density at radius 1 is 1.14 bits per heavy atom. The third-order valence-electron chi connectivity index (χ3n) is 5.08. The van der Waals surface area contributed by atoms with Gasteiger partial charge in [0.15, 0.2) is 5.96 Å². The van der Waals surface area contributed by atoms with Gasteiger partial charge in [-0.05, 0) is 30.5 Å². The maximum absolute atomic E-state index is 11.4. The molecule has 0 aliphatic carbocycles. The van der Waals surface area contributed by atoms with Crippen LogP contribution in [0.5, 0.6) is 5.75 Å². The highest BCUT2D eigenvalue weighted by atomic mass is 16.5. The number of aliphatic imine (C=N–C) groups is 1. The molecule has 0 radical (unpaired) electrons. The van der Waals surface area contributed by atoms with Crippen molar-refractivity contribution < 1.29 is 9.53 Å². The van der Waals surface area contributed by atoms with Crippen molar-refractivity contribution in [2.45, 2.75) is 33.7 Å². The van der Waals surface area contributed by atoms with E-state index >= 15 is 0 Å². The summed E-state index contributed by atoms with van der Waals surface area (Å²) in [6, 6.07) is 8.36. The van der Waals surface area contributed by atoms with E-state index in [4.69, 9.17) is 4.74 Å². The first-order chi connectivity index (χ1) is 13.9. The summed E-state index contributed by atoms with van der Waals surface area (Å²) in [6.07, 6.45) is 0. The minimum absolute atomic E-state index is 0.138. The van der Waals surface area contributed by atoms with Crippen LogP contribution in [0, 0.1) is 5.92 Å². The predicted octanol–water partition coefficient (Wildman–Crippen LogP) is 2.11. The first-order valence-electron chi connectivity index (χ1n) is 10.6. The van der Waals surface area contributed by atoms with Gasteiger partial charge < -0.3 is 20.3 Å². The highest BCUT2D eigenvalue weighted by Crippen LogP contribution is 2.18. The first kappa shape index (κ1) is 23.0. The predicted molar refractivity (Wildman–Crippen MR) is 118 cm³/mol. The number of ether oxygens (including phenoxy) is 1. The zero-order chi connectivity index (χ0) is 21.2. The van der Waals surface area contributed by atoms with Crippen LogP contribution in [0.15, 0.2) is 29.3 Å². The molecule has 1 saturated heterocycles. The second-order valence-corrected chi connectivity index (χ2v) is 7.99. The van der Waals surface area contributed by atoms with Crippen molar-refractivity contribution in [3.05, 3.63) is 29.8 Å². The average Bonchev–Trinajstić information content (AvgIpc) is 2.72. The first-order valence-corrected chi connectivity index (χ1v) is 10.6. The van der Waals surface area contributed by atoms with Crippen LogP contribution in [-0.2, 0) is 4.79 Å². The molecule has 7 heteroatoms. The summed E-state index contributed by atoms with van der Waals surface area (Å²) < 4.78 is 5.75. The molecule has 1 heterocycles. The van der Waals surface area contributed by atoms with Crippen LogP contribution in [-0.4, -0.2) is 74.6 Å². The largest absolute Gasteiger partial charge is 0.493 e. The van der Waals surface area contributed by atoms with Crippen LogP contribution in [0.25, 0.3) is 0 Å². The lowest BCUT2D eigenvalue weighted by Crippen LogP contribution is -2.50. The van der Waals surface area contributed by atoms with Gasteiger partial charge in [0.2, 0.25) is 5.91 Å². The third kappa shape index (κ3) is 7.93. The monoisotopic (exact) mass is 403 g/mol. The van der Waals surface area contributed by atoms with E-state index in [2.05, 4.69) is 53.4 Å². The van der Waals surface area contributed by atoms with Crippen molar-refractivity contribution in [3.63, 3.8) is 0 Å². The van der Waals surface area contributed by atoms with Crippen LogP contribution < -0.4 is 15.4 Å². The summed E-state index contributed by atoms with van der Waals surface area (Å²) >= 11 is 0. The van der Waals surface area contributed by atoms with E-state index in [9.17, 15) is 4.79 Å². The van der Waals surface area contributed by atoms with E-state index in [1.165, 1.54) is 5.56 Å². The van der Waals surface area contributed by atoms with Crippen molar-refractivity contribution in [2.24, 2.45) is 10.9 Å². The topological polar surface area (TPSA) is 69.2 Å². The van der Waals surface area contributed by atoms with E-state index < -0.39 is 0 Å². The second kappa shape index (κ2) is 11.7. The SMILES string of the molecule is CN=C(NCCN1CCN(C(C)=O)CC1)NC(C)c1ccc(OCC(C)C)cc1. The van der Waals surface area contributed by atoms with Crippen LogP contribution in [0.3, 0.4) is 0 Å². The third-order valence-corrected chi connectivity index (χ3v) is 5.08. The Morgan fingerprint density at radius 2 is 1.79 bits per heavy atom. The van der Waals surface area contributed by atoms with Crippen LogP contribution in [0.1, 0.15) is 39.3 Å². The summed E-state index contributed by atoms with van der Waals surface area (Å²) in [4.78, 5) is 20.0. The maximum atomic E-state index is 11.4. The second-order valence-electron chi connectivity index (χ2n) is 7.99. The van der Waals surface area contributed by atoms with Gasteiger partial charge in [0.25, 0.3) is 0 Å². The fraction of sp³-hybridized carbons (Fsp3) is 0.636. The molecule has 1 amide bonds. The number of amides is 1. The molecule has 1 aliphatic heterocycles. The summed E-state index contributed by atoms with van der Waals surface area (Å²) in [5.74, 6) is 2.38. The van der Waals surface area contributed by atoms with Gasteiger partial charge in [0.05, 0.1) is 12.6 Å². The van der Waals surface area contributed by atoms with Crippen molar-refractivity contribution >= 4 is 11.9 Å². The molecule has 2 rings (SSSR count). The molecule has 0 aromatic heterocycles. The minimum Gasteiger partial charge on any atom is -0.493 e. The molecule has 0 saturated carbocycles. The number of hydrogen-bond donors (Lipinski definition) is 2. The quantitative estimate of drug-likeness (QED) is 0.514. The number of guanidine groups is 1. The normalized spacial score (nSPS) is 16.6. The summed E-state index contributed by atoms with van der Waals surface area (Å²) in [5, 5.41) is 6.83. The Balaban J connectivity index is 1.73. The standard InChI is InChI=1S/C22H37N5O2/c1-17(2)16-29-21-8-6-20(7-9-21)18(3)25-22(23-5)24-10-11-26-12-14-27(15-13-26)19(4)28/h6-9,17-18H,10-16H2,1-5H3,(H2,23,24,25). The number of nitrogens with one attached hydrogen (secondary N) is 2. The molecule has 1 aromatic rings. The van der Waals surface area contributed by atoms with Crippen LogP contribution in [0.4, 0.5) is 0 Å². The van der Waals surface area contributed by atoms with Crippen LogP contribution in [0.2, 0.25) is 0 Å². The van der Waals surface area contributed by atoms with Crippen molar-refractivity contribution in [1.82, 2.24) is 20.4 Å². The highest BCUT2D eigenvalue weighted by Gasteiger charge is 2.18. The number of piperazine rings is 1. The maximum Gasteiger partial charge on any atom is 0.219 e. The number of rotatable bonds is 8. The number of hydrogen-bond acceptors (Lipinski definition) is 4. The van der Waals surface area contributed by atoms with E-state index in [-0.39, 0.29) is 11.9 Å². The number of carbonyl (C=O) groups excluding carboxylic acids is 1. The Hall–Kier alpha value is -2.28. The lowest BCUT2D eigenvalue weighted by Gasteiger charge is -2.34. The van der Waals surface area contributed by atoms with Crippen molar-refractivity contribution in [1.29, 1.82) is 0 Å². The van der Waals surface area contributed by atoms with Gasteiger partial charge in [-0.3, -0.25) is 14.7 Å². The van der Waals surface area contributed by atoms with Gasteiger partial charge in [0.1, 0.15) is 5.75 Å². The van der Waals surface area contributed by atoms with Crippen molar-refractivity contribution in [3.8, 4) is 5.75 Å². The minimum atomic E-state index is 0.138. The Kier molecular flexibility index (Phi) is 9.25. The van der Waals surface area contributed by atoms with E-state index in [0.717, 1.165) is 57.6 Å². The lowest BCUT2D eigenvalue weighted by molar-refractivity contribution is -0.130. The molecule has 29 heavy (non-hydrogen) atoms.